The van der Waals surface area contributed by atoms with E-state index in [0.717, 1.165) is 17.6 Å². The van der Waals surface area contributed by atoms with Crippen molar-refractivity contribution in [3.05, 3.63) is 71.7 Å². The normalized spacial score (nSPS) is 12.7. The number of nitrogens with one attached hydrogen (secondary N) is 1. The highest BCUT2D eigenvalue weighted by molar-refractivity contribution is 5.84. The lowest BCUT2D eigenvalue weighted by atomic mass is 10.1. The smallest absolute Gasteiger partial charge is 0.123 e. The second kappa shape index (κ2) is 6.94. The van der Waals surface area contributed by atoms with Gasteiger partial charge in [0.2, 0.25) is 0 Å². The fourth-order valence-corrected chi connectivity index (χ4v) is 2.95. The van der Waals surface area contributed by atoms with E-state index in [4.69, 9.17) is 5.11 Å². The predicted octanol–water partition coefficient (Wildman–Crippen LogP) is 3.47. The minimum Gasteiger partial charge on any atom is -0.395 e. The molecule has 0 amide bonds. The Kier molecular flexibility index (Phi) is 4.74. The Hall–Kier alpha value is -2.17. The highest BCUT2D eigenvalue weighted by Gasteiger charge is 2.12. The molecule has 1 heterocycles. The van der Waals surface area contributed by atoms with E-state index in [2.05, 4.69) is 41.2 Å². The van der Waals surface area contributed by atoms with Crippen molar-refractivity contribution in [2.75, 3.05) is 13.2 Å². The molecule has 0 aliphatic rings. The van der Waals surface area contributed by atoms with Gasteiger partial charge in [0.1, 0.15) is 5.82 Å². The van der Waals surface area contributed by atoms with Crippen molar-refractivity contribution in [3.63, 3.8) is 0 Å². The monoisotopic (exact) mass is 312 g/mol. The standard InChI is InChI=1S/C19H21FN2O/c1-14(15-5-7-17(20)8-6-15)22-11-9-18-16(13-21-10-12-23)3-2-4-19(18)22/h2-9,11,14,21,23H,10,12-13H2,1H3. The van der Waals surface area contributed by atoms with Gasteiger partial charge in [0.15, 0.2) is 0 Å². The number of halogens is 1. The van der Waals surface area contributed by atoms with Gasteiger partial charge in [-0.3, -0.25) is 0 Å². The zero-order chi connectivity index (χ0) is 16.2. The third kappa shape index (κ3) is 3.28. The second-order valence-corrected chi connectivity index (χ2v) is 5.70. The van der Waals surface area contributed by atoms with Crippen molar-refractivity contribution < 1.29 is 9.50 Å². The van der Waals surface area contributed by atoms with Gasteiger partial charge in [-0.15, -0.1) is 0 Å². The fraction of sp³-hybridized carbons (Fsp3) is 0.263. The SMILES string of the molecule is CC(c1ccc(F)cc1)n1ccc2c(CNCCO)cccc21. The maximum absolute atomic E-state index is 13.1. The Labute approximate surface area is 135 Å². The van der Waals surface area contributed by atoms with Crippen LogP contribution in [0, 0.1) is 5.82 Å². The Bertz CT molecular complexity index is 780. The summed E-state index contributed by atoms with van der Waals surface area (Å²) in [5.74, 6) is -0.212. The summed E-state index contributed by atoms with van der Waals surface area (Å²) in [5.41, 5.74) is 3.44. The lowest BCUT2D eigenvalue weighted by molar-refractivity contribution is 0.292. The first-order valence-electron chi connectivity index (χ1n) is 7.86. The van der Waals surface area contributed by atoms with Crippen molar-refractivity contribution >= 4 is 10.9 Å². The third-order valence-corrected chi connectivity index (χ3v) is 4.23. The molecule has 1 atom stereocenters. The number of benzene rings is 2. The van der Waals surface area contributed by atoms with Crippen LogP contribution in [0.4, 0.5) is 4.39 Å². The molecule has 1 aromatic heterocycles. The molecule has 0 fully saturated rings. The molecule has 120 valence electrons. The molecule has 0 radical (unpaired) electrons. The van der Waals surface area contributed by atoms with Crippen LogP contribution in [0.3, 0.4) is 0 Å². The molecule has 23 heavy (non-hydrogen) atoms. The van der Waals surface area contributed by atoms with Crippen LogP contribution in [0.25, 0.3) is 10.9 Å². The molecule has 3 aromatic rings. The lowest BCUT2D eigenvalue weighted by Gasteiger charge is -2.16. The zero-order valence-electron chi connectivity index (χ0n) is 13.2. The first kappa shape index (κ1) is 15.7. The van der Waals surface area contributed by atoms with Gasteiger partial charge in [-0.2, -0.15) is 0 Å². The van der Waals surface area contributed by atoms with Gasteiger partial charge >= 0.3 is 0 Å². The van der Waals surface area contributed by atoms with Crippen LogP contribution in [0.5, 0.6) is 0 Å². The maximum Gasteiger partial charge on any atom is 0.123 e. The molecule has 0 aliphatic heterocycles. The van der Waals surface area contributed by atoms with Gasteiger partial charge < -0.3 is 15.0 Å². The van der Waals surface area contributed by atoms with E-state index in [1.807, 2.05) is 18.2 Å². The number of aliphatic hydroxyl groups is 1. The summed E-state index contributed by atoms with van der Waals surface area (Å²) in [5, 5.41) is 13.3. The van der Waals surface area contributed by atoms with Crippen molar-refractivity contribution in [3.8, 4) is 0 Å². The Balaban J connectivity index is 1.92. The highest BCUT2D eigenvalue weighted by atomic mass is 19.1. The maximum atomic E-state index is 13.1. The van der Waals surface area contributed by atoms with Crippen LogP contribution in [-0.2, 0) is 6.54 Å². The average molecular weight is 312 g/mol. The molecule has 0 saturated heterocycles. The molecule has 1 unspecified atom stereocenters. The Morgan fingerprint density at radius 2 is 1.91 bits per heavy atom. The summed E-state index contributed by atoms with van der Waals surface area (Å²) in [6.45, 7) is 3.57. The van der Waals surface area contributed by atoms with Crippen LogP contribution >= 0.6 is 0 Å². The van der Waals surface area contributed by atoms with Crippen molar-refractivity contribution in [2.45, 2.75) is 19.5 Å². The summed E-state index contributed by atoms with van der Waals surface area (Å²) in [6.07, 6.45) is 2.08. The van der Waals surface area contributed by atoms with Crippen LogP contribution in [0.1, 0.15) is 24.1 Å². The second-order valence-electron chi connectivity index (χ2n) is 5.70. The molecule has 4 heteroatoms. The molecular formula is C19H21FN2O. The predicted molar refractivity (Wildman–Crippen MR) is 90.9 cm³/mol. The topological polar surface area (TPSA) is 37.2 Å². The van der Waals surface area contributed by atoms with E-state index >= 15 is 0 Å². The molecule has 0 spiro atoms. The van der Waals surface area contributed by atoms with E-state index in [0.29, 0.717) is 6.54 Å². The summed E-state index contributed by atoms with van der Waals surface area (Å²) >= 11 is 0. The Morgan fingerprint density at radius 3 is 2.65 bits per heavy atom. The van der Waals surface area contributed by atoms with E-state index in [-0.39, 0.29) is 18.5 Å². The van der Waals surface area contributed by atoms with Gasteiger partial charge in [0.05, 0.1) is 12.6 Å². The van der Waals surface area contributed by atoms with E-state index < -0.39 is 0 Å². The summed E-state index contributed by atoms with van der Waals surface area (Å²) in [7, 11) is 0. The number of fused-ring (bicyclic) bond motifs is 1. The van der Waals surface area contributed by atoms with Gasteiger partial charge in [0.25, 0.3) is 0 Å². The number of aliphatic hydroxyl groups excluding tert-OH is 1. The summed E-state index contributed by atoms with van der Waals surface area (Å²) < 4.78 is 15.3. The quantitative estimate of drug-likeness (QED) is 0.684. The number of rotatable bonds is 6. The minimum atomic E-state index is -0.212. The van der Waals surface area contributed by atoms with E-state index in [1.165, 1.54) is 23.1 Å². The van der Waals surface area contributed by atoms with Gasteiger partial charge in [0, 0.05) is 30.2 Å². The van der Waals surface area contributed by atoms with Crippen molar-refractivity contribution in [1.82, 2.24) is 9.88 Å². The summed E-state index contributed by atoms with van der Waals surface area (Å²) in [4.78, 5) is 0. The van der Waals surface area contributed by atoms with E-state index in [9.17, 15) is 4.39 Å². The minimum absolute atomic E-state index is 0.133. The molecular weight excluding hydrogens is 291 g/mol. The molecule has 2 N–H and O–H groups in total. The molecule has 0 saturated carbocycles. The number of hydrogen-bond acceptors (Lipinski definition) is 2. The third-order valence-electron chi connectivity index (χ3n) is 4.23. The largest absolute Gasteiger partial charge is 0.395 e. The van der Waals surface area contributed by atoms with Crippen LogP contribution in [0.2, 0.25) is 0 Å². The molecule has 2 aromatic carbocycles. The summed E-state index contributed by atoms with van der Waals surface area (Å²) in [6, 6.07) is 15.2. The number of hydrogen-bond donors (Lipinski definition) is 2. The van der Waals surface area contributed by atoms with Crippen LogP contribution in [-0.4, -0.2) is 22.8 Å². The molecule has 3 rings (SSSR count). The number of nitrogens with zero attached hydrogens (tertiary/aromatic N) is 1. The van der Waals surface area contributed by atoms with Gasteiger partial charge in [-0.1, -0.05) is 24.3 Å². The number of aromatic nitrogens is 1. The lowest BCUT2D eigenvalue weighted by Crippen LogP contribution is -2.17. The van der Waals surface area contributed by atoms with Crippen LogP contribution in [0.15, 0.2) is 54.7 Å². The van der Waals surface area contributed by atoms with Gasteiger partial charge in [-0.05, 0) is 42.3 Å². The first-order chi connectivity index (χ1) is 11.2. The van der Waals surface area contributed by atoms with E-state index in [1.54, 1.807) is 0 Å². The fourth-order valence-electron chi connectivity index (χ4n) is 2.95. The van der Waals surface area contributed by atoms with Crippen LogP contribution < -0.4 is 5.32 Å². The Morgan fingerprint density at radius 1 is 1.13 bits per heavy atom. The molecule has 0 bridgehead atoms. The van der Waals surface area contributed by atoms with Crippen molar-refractivity contribution in [2.24, 2.45) is 0 Å². The molecule has 3 nitrogen and oxygen atoms in total. The molecule has 0 aliphatic carbocycles. The average Bonchev–Trinajstić information content (AvgIpc) is 3.00. The highest BCUT2D eigenvalue weighted by Crippen LogP contribution is 2.27. The first-order valence-corrected chi connectivity index (χ1v) is 7.86. The van der Waals surface area contributed by atoms with Crippen molar-refractivity contribution in [1.29, 1.82) is 0 Å². The van der Waals surface area contributed by atoms with Gasteiger partial charge in [-0.25, -0.2) is 4.39 Å². The zero-order valence-corrected chi connectivity index (χ0v) is 13.2.